The molecule has 4 rings (SSSR count). The van der Waals surface area contributed by atoms with Gasteiger partial charge < -0.3 is 4.74 Å². The highest BCUT2D eigenvalue weighted by molar-refractivity contribution is 9.10. The number of nitrogens with zero attached hydrogens (tertiary/aromatic N) is 4. The summed E-state index contributed by atoms with van der Waals surface area (Å²) in [5.74, 6) is 0.790. The molecule has 0 saturated carbocycles. The van der Waals surface area contributed by atoms with E-state index in [1.54, 1.807) is 30.3 Å². The molecule has 0 fully saturated rings. The summed E-state index contributed by atoms with van der Waals surface area (Å²) in [5.41, 5.74) is 1.14. The number of hydrogen-bond acceptors (Lipinski definition) is 6. The van der Waals surface area contributed by atoms with Crippen molar-refractivity contribution in [3.05, 3.63) is 107 Å². The highest BCUT2D eigenvalue weighted by Gasteiger charge is 2.13. The minimum absolute atomic E-state index is 0.140. The molecule has 4 aromatic rings. The van der Waals surface area contributed by atoms with Crippen LogP contribution in [0.3, 0.4) is 0 Å². The normalized spacial score (nSPS) is 11.3. The first-order chi connectivity index (χ1) is 16.8. The lowest BCUT2D eigenvalue weighted by molar-refractivity contribution is -0.384. The van der Waals surface area contributed by atoms with Crippen LogP contribution in [0.25, 0.3) is 10.9 Å². The summed E-state index contributed by atoms with van der Waals surface area (Å²) < 4.78 is 7.82. The number of nitro benzene ring substituents is 1. The molecule has 0 unspecified atom stereocenters. The second-order valence-corrected chi connectivity index (χ2v) is 9.15. The average molecular weight is 576 g/mol. The number of ether oxygens (including phenoxy) is 1. The van der Waals surface area contributed by atoms with Crippen LogP contribution in [-0.4, -0.2) is 20.8 Å². The Morgan fingerprint density at radius 1 is 1.14 bits per heavy atom. The molecule has 0 spiro atoms. The van der Waals surface area contributed by atoms with Crippen molar-refractivity contribution in [2.75, 3.05) is 0 Å². The van der Waals surface area contributed by atoms with Crippen LogP contribution in [-0.2, 0) is 13.0 Å². The Bertz CT molecular complexity index is 1540. The first-order valence-corrected chi connectivity index (χ1v) is 11.9. The highest BCUT2D eigenvalue weighted by atomic mass is 79.9. The van der Waals surface area contributed by atoms with Crippen molar-refractivity contribution < 1.29 is 9.66 Å². The lowest BCUT2D eigenvalue weighted by atomic mass is 10.2. The van der Waals surface area contributed by atoms with Crippen LogP contribution in [0.4, 0.5) is 5.69 Å². The van der Waals surface area contributed by atoms with Crippen molar-refractivity contribution in [1.82, 2.24) is 9.66 Å². The fourth-order valence-corrected chi connectivity index (χ4v) is 4.02. The molecule has 0 N–H and O–H groups in total. The molecule has 11 heteroatoms. The number of fused-ring (bicyclic) bond motifs is 1. The minimum Gasteiger partial charge on any atom is -0.488 e. The van der Waals surface area contributed by atoms with E-state index in [2.05, 4.69) is 26.0 Å². The largest absolute Gasteiger partial charge is 0.488 e. The van der Waals surface area contributed by atoms with E-state index >= 15 is 0 Å². The first-order valence-electron chi connectivity index (χ1n) is 10.4. The van der Waals surface area contributed by atoms with Gasteiger partial charge in [-0.1, -0.05) is 52.1 Å². The summed E-state index contributed by atoms with van der Waals surface area (Å²) in [7, 11) is 0. The van der Waals surface area contributed by atoms with Gasteiger partial charge in [-0.05, 0) is 42.0 Å². The van der Waals surface area contributed by atoms with Crippen molar-refractivity contribution in [2.24, 2.45) is 5.10 Å². The zero-order chi connectivity index (χ0) is 25.1. The SMILES string of the molecule is CCc1nc2ccc(Br)cc2c(=O)n1N=Cc1cc([N+](=O)[O-])ccc1OCc1ccc(Cl)c(Cl)c1. The molecule has 0 saturated heterocycles. The zero-order valence-corrected chi connectivity index (χ0v) is 21.3. The van der Waals surface area contributed by atoms with Gasteiger partial charge >= 0.3 is 0 Å². The monoisotopic (exact) mass is 574 g/mol. The molecule has 35 heavy (non-hydrogen) atoms. The van der Waals surface area contributed by atoms with Gasteiger partial charge in [0.05, 0.1) is 32.1 Å². The van der Waals surface area contributed by atoms with Crippen LogP contribution in [0.2, 0.25) is 10.0 Å². The number of halogens is 3. The van der Waals surface area contributed by atoms with E-state index in [1.807, 2.05) is 13.0 Å². The number of hydrogen-bond donors (Lipinski definition) is 0. The molecule has 0 aliphatic heterocycles. The number of aromatic nitrogens is 2. The number of nitro groups is 1. The Morgan fingerprint density at radius 2 is 1.94 bits per heavy atom. The number of benzene rings is 3. The van der Waals surface area contributed by atoms with Crippen LogP contribution in [0.1, 0.15) is 23.9 Å². The molecular weight excluding hydrogens is 559 g/mol. The van der Waals surface area contributed by atoms with Crippen LogP contribution in [0, 0.1) is 10.1 Å². The van der Waals surface area contributed by atoms with E-state index in [-0.39, 0.29) is 17.9 Å². The summed E-state index contributed by atoms with van der Waals surface area (Å²) in [6.07, 6.45) is 1.80. The molecule has 0 bridgehead atoms. The minimum atomic E-state index is -0.515. The third-order valence-corrected chi connectivity index (χ3v) is 6.32. The molecule has 0 aliphatic rings. The maximum absolute atomic E-state index is 13.1. The molecule has 1 heterocycles. The third kappa shape index (κ3) is 5.53. The highest BCUT2D eigenvalue weighted by Crippen LogP contribution is 2.26. The Morgan fingerprint density at radius 3 is 2.66 bits per heavy atom. The number of non-ortho nitro benzene ring substituents is 1. The van der Waals surface area contributed by atoms with Crippen molar-refractivity contribution in [3.63, 3.8) is 0 Å². The van der Waals surface area contributed by atoms with E-state index in [0.717, 1.165) is 10.0 Å². The molecular formula is C24H17BrCl2N4O4. The van der Waals surface area contributed by atoms with E-state index in [4.69, 9.17) is 27.9 Å². The molecule has 3 aromatic carbocycles. The van der Waals surface area contributed by atoms with Crippen LogP contribution >= 0.6 is 39.1 Å². The van der Waals surface area contributed by atoms with Gasteiger partial charge in [0, 0.05) is 28.6 Å². The Kier molecular flexibility index (Phi) is 7.49. The predicted molar refractivity (Wildman–Crippen MR) is 140 cm³/mol. The van der Waals surface area contributed by atoms with Crippen LogP contribution in [0.15, 0.2) is 69.0 Å². The van der Waals surface area contributed by atoms with Gasteiger partial charge in [-0.2, -0.15) is 9.78 Å². The maximum atomic E-state index is 13.1. The van der Waals surface area contributed by atoms with E-state index in [1.165, 1.54) is 29.1 Å². The molecule has 0 aliphatic carbocycles. The van der Waals surface area contributed by atoms with Crippen LogP contribution in [0.5, 0.6) is 5.75 Å². The van der Waals surface area contributed by atoms with Gasteiger partial charge in [-0.15, -0.1) is 0 Å². The number of rotatable bonds is 7. The van der Waals surface area contributed by atoms with E-state index < -0.39 is 4.92 Å². The standard InChI is InChI=1S/C24H17BrCl2N4O4/c1-2-23-29-21-7-4-16(25)11-18(21)24(32)30(23)28-12-15-10-17(31(33)34)5-8-22(15)35-13-14-3-6-19(26)20(27)9-14/h3-12H,2,13H2,1H3. The smallest absolute Gasteiger partial charge is 0.282 e. The van der Waals surface area contributed by atoms with Crippen molar-refractivity contribution in [2.45, 2.75) is 20.0 Å². The zero-order valence-electron chi connectivity index (χ0n) is 18.2. The predicted octanol–water partition coefficient (Wildman–Crippen LogP) is 6.40. The quantitative estimate of drug-likeness (QED) is 0.144. The van der Waals surface area contributed by atoms with Crippen molar-refractivity contribution in [3.8, 4) is 5.75 Å². The van der Waals surface area contributed by atoms with E-state index in [0.29, 0.717) is 44.5 Å². The Balaban J connectivity index is 1.74. The van der Waals surface area contributed by atoms with Gasteiger partial charge in [-0.3, -0.25) is 14.9 Å². The van der Waals surface area contributed by atoms with E-state index in [9.17, 15) is 14.9 Å². The van der Waals surface area contributed by atoms with Gasteiger partial charge in [0.25, 0.3) is 11.2 Å². The molecule has 0 atom stereocenters. The fourth-order valence-electron chi connectivity index (χ4n) is 3.33. The third-order valence-electron chi connectivity index (χ3n) is 5.09. The summed E-state index contributed by atoms with van der Waals surface area (Å²) in [6, 6.07) is 14.5. The molecule has 1 aromatic heterocycles. The molecule has 0 amide bonds. The number of aryl methyl sites for hydroxylation is 1. The lowest BCUT2D eigenvalue weighted by Crippen LogP contribution is -2.22. The van der Waals surface area contributed by atoms with Gasteiger partial charge in [0.1, 0.15) is 18.2 Å². The molecule has 8 nitrogen and oxygen atoms in total. The second-order valence-electron chi connectivity index (χ2n) is 7.42. The van der Waals surface area contributed by atoms with Gasteiger partial charge in [-0.25, -0.2) is 4.98 Å². The van der Waals surface area contributed by atoms with Crippen molar-refractivity contribution in [1.29, 1.82) is 0 Å². The molecule has 178 valence electrons. The maximum Gasteiger partial charge on any atom is 0.282 e. The first kappa shape index (κ1) is 24.8. The molecule has 0 radical (unpaired) electrons. The summed E-state index contributed by atoms with van der Waals surface area (Å²) in [5, 5.41) is 16.9. The average Bonchev–Trinajstić information content (AvgIpc) is 2.84. The fraction of sp³-hybridized carbons (Fsp3) is 0.125. The lowest BCUT2D eigenvalue weighted by Gasteiger charge is -2.11. The van der Waals surface area contributed by atoms with Crippen LogP contribution < -0.4 is 10.3 Å². The Labute approximate surface area is 218 Å². The Hall–Kier alpha value is -3.27. The summed E-state index contributed by atoms with van der Waals surface area (Å²) >= 11 is 15.4. The summed E-state index contributed by atoms with van der Waals surface area (Å²) in [4.78, 5) is 28.5. The van der Waals surface area contributed by atoms with Crippen molar-refractivity contribution >= 4 is 61.9 Å². The topological polar surface area (TPSA) is 99.6 Å². The van der Waals surface area contributed by atoms with Gasteiger partial charge in [0.15, 0.2) is 0 Å². The summed E-state index contributed by atoms with van der Waals surface area (Å²) in [6.45, 7) is 2.00. The van der Waals surface area contributed by atoms with Gasteiger partial charge in [0.2, 0.25) is 0 Å². The second kappa shape index (κ2) is 10.6.